The van der Waals surface area contributed by atoms with Crippen LogP contribution in [0.4, 0.5) is 0 Å². The summed E-state index contributed by atoms with van der Waals surface area (Å²) >= 11 is 1.90. The first kappa shape index (κ1) is 6.39. The Morgan fingerprint density at radius 1 is 1.75 bits per heavy atom. The molecule has 1 fully saturated rings. The van der Waals surface area contributed by atoms with Crippen LogP contribution in [-0.4, -0.2) is 29.4 Å². The van der Waals surface area contributed by atoms with Gasteiger partial charge in [0.25, 0.3) is 0 Å². The lowest BCUT2D eigenvalue weighted by atomic mass is 10.2. The maximum absolute atomic E-state index is 8.48. The molecule has 0 aromatic rings. The Morgan fingerprint density at radius 3 is 3.12 bits per heavy atom. The van der Waals surface area contributed by atoms with E-state index in [2.05, 4.69) is 5.32 Å². The van der Waals surface area contributed by atoms with Crippen LogP contribution in [0.3, 0.4) is 0 Å². The van der Waals surface area contributed by atoms with Crippen LogP contribution in [0.2, 0.25) is 0 Å². The van der Waals surface area contributed by atoms with Gasteiger partial charge >= 0.3 is 0 Å². The van der Waals surface area contributed by atoms with Gasteiger partial charge in [0.1, 0.15) is 0 Å². The highest BCUT2D eigenvalue weighted by Crippen LogP contribution is 2.10. The Labute approximate surface area is 53.7 Å². The summed E-state index contributed by atoms with van der Waals surface area (Å²) < 4.78 is 0. The van der Waals surface area contributed by atoms with E-state index in [0.29, 0.717) is 12.6 Å². The maximum atomic E-state index is 8.48. The van der Waals surface area contributed by atoms with Crippen molar-refractivity contribution in [3.8, 4) is 0 Å². The van der Waals surface area contributed by atoms with Crippen molar-refractivity contribution in [2.45, 2.75) is 12.5 Å². The first-order chi connectivity index (χ1) is 3.93. The van der Waals surface area contributed by atoms with Gasteiger partial charge in [-0.15, -0.1) is 11.8 Å². The molecule has 0 saturated carbocycles. The summed E-state index contributed by atoms with van der Waals surface area (Å²) in [7, 11) is 0. The molecule has 2 N–H and O–H groups in total. The second-order valence-corrected chi connectivity index (χ2v) is 2.96. The zero-order valence-corrected chi connectivity index (χ0v) is 5.58. The highest BCUT2D eigenvalue weighted by atomic mass is 32.2. The number of aliphatic hydroxyl groups is 1. The van der Waals surface area contributed by atoms with Crippen LogP contribution in [0.5, 0.6) is 0 Å². The minimum atomic E-state index is 0.318. The van der Waals surface area contributed by atoms with Crippen LogP contribution >= 0.6 is 11.8 Å². The van der Waals surface area contributed by atoms with Crippen molar-refractivity contribution in [2.24, 2.45) is 0 Å². The third kappa shape index (κ3) is 1.65. The zero-order valence-electron chi connectivity index (χ0n) is 4.76. The van der Waals surface area contributed by atoms with Gasteiger partial charge < -0.3 is 10.4 Å². The van der Waals surface area contributed by atoms with E-state index in [1.807, 2.05) is 11.8 Å². The van der Waals surface area contributed by atoms with Gasteiger partial charge in [0.2, 0.25) is 0 Å². The molecule has 8 heavy (non-hydrogen) atoms. The van der Waals surface area contributed by atoms with E-state index in [1.165, 1.54) is 5.75 Å². The highest BCUT2D eigenvalue weighted by molar-refractivity contribution is 7.99. The van der Waals surface area contributed by atoms with Crippen LogP contribution < -0.4 is 5.32 Å². The standard InChI is InChI=1S/C5H11NOS/c7-2-1-5-3-8-4-6-5/h5-7H,1-4H2. The van der Waals surface area contributed by atoms with Crippen LogP contribution in [0, 0.1) is 0 Å². The van der Waals surface area contributed by atoms with E-state index < -0.39 is 0 Å². The molecule has 3 heteroatoms. The molecular formula is C5H11NOS. The quantitative estimate of drug-likeness (QED) is 0.557. The number of nitrogens with one attached hydrogen (secondary N) is 1. The predicted octanol–water partition coefficient (Wildman–Crippen LogP) is 0.0313. The van der Waals surface area contributed by atoms with Gasteiger partial charge in [-0.1, -0.05) is 0 Å². The lowest BCUT2D eigenvalue weighted by molar-refractivity contribution is 0.274. The van der Waals surface area contributed by atoms with Crippen molar-refractivity contribution in [1.82, 2.24) is 5.32 Å². The van der Waals surface area contributed by atoms with Gasteiger partial charge in [0.15, 0.2) is 0 Å². The maximum Gasteiger partial charge on any atom is 0.0446 e. The monoisotopic (exact) mass is 133 g/mol. The van der Waals surface area contributed by atoms with E-state index in [1.54, 1.807) is 0 Å². The fraction of sp³-hybridized carbons (Fsp3) is 1.00. The summed E-state index contributed by atoms with van der Waals surface area (Å²) in [6.07, 6.45) is 0.910. The van der Waals surface area contributed by atoms with Gasteiger partial charge in [0, 0.05) is 24.3 Å². The van der Waals surface area contributed by atoms with Crippen molar-refractivity contribution in [3.63, 3.8) is 0 Å². The normalized spacial score (nSPS) is 28.9. The van der Waals surface area contributed by atoms with E-state index >= 15 is 0 Å². The fourth-order valence-corrected chi connectivity index (χ4v) is 1.82. The zero-order chi connectivity index (χ0) is 5.82. The van der Waals surface area contributed by atoms with Crippen molar-refractivity contribution in [2.75, 3.05) is 18.2 Å². The molecule has 1 aliphatic rings. The van der Waals surface area contributed by atoms with Crippen molar-refractivity contribution in [3.05, 3.63) is 0 Å². The van der Waals surface area contributed by atoms with E-state index in [0.717, 1.165) is 12.3 Å². The van der Waals surface area contributed by atoms with Crippen molar-refractivity contribution < 1.29 is 5.11 Å². The third-order valence-corrected chi connectivity index (χ3v) is 2.28. The van der Waals surface area contributed by atoms with Crippen LogP contribution in [0.15, 0.2) is 0 Å². The fourth-order valence-electron chi connectivity index (χ4n) is 0.778. The molecule has 1 saturated heterocycles. The number of rotatable bonds is 2. The molecule has 0 aliphatic carbocycles. The molecule has 0 bridgehead atoms. The molecular weight excluding hydrogens is 122 g/mol. The van der Waals surface area contributed by atoms with Crippen LogP contribution in [0.1, 0.15) is 6.42 Å². The molecule has 0 spiro atoms. The Kier molecular flexibility index (Phi) is 2.66. The molecule has 2 nitrogen and oxygen atoms in total. The molecule has 1 heterocycles. The Bertz CT molecular complexity index is 63.4. The van der Waals surface area contributed by atoms with Gasteiger partial charge in [0.05, 0.1) is 0 Å². The summed E-state index contributed by atoms with van der Waals surface area (Å²) in [5.74, 6) is 2.23. The lowest BCUT2D eigenvalue weighted by Crippen LogP contribution is -2.24. The van der Waals surface area contributed by atoms with Crippen LogP contribution in [-0.2, 0) is 0 Å². The molecule has 1 aliphatic heterocycles. The number of thioether (sulfide) groups is 1. The Morgan fingerprint density at radius 2 is 2.62 bits per heavy atom. The van der Waals surface area contributed by atoms with E-state index in [4.69, 9.17) is 5.11 Å². The second kappa shape index (κ2) is 3.33. The van der Waals surface area contributed by atoms with Crippen molar-refractivity contribution >= 4 is 11.8 Å². The first-order valence-corrected chi connectivity index (χ1v) is 4.01. The molecule has 0 amide bonds. The minimum Gasteiger partial charge on any atom is -0.396 e. The lowest BCUT2D eigenvalue weighted by Gasteiger charge is -2.03. The third-order valence-electron chi connectivity index (χ3n) is 1.27. The summed E-state index contributed by atoms with van der Waals surface area (Å²) in [4.78, 5) is 0. The molecule has 0 aromatic heterocycles. The first-order valence-electron chi connectivity index (χ1n) is 2.85. The summed E-state index contributed by atoms with van der Waals surface area (Å²) in [5.41, 5.74) is 0. The summed E-state index contributed by atoms with van der Waals surface area (Å²) in [6.45, 7) is 0.318. The molecule has 1 rings (SSSR count). The number of hydrogen-bond acceptors (Lipinski definition) is 3. The molecule has 0 radical (unpaired) electrons. The van der Waals surface area contributed by atoms with Crippen molar-refractivity contribution in [1.29, 1.82) is 0 Å². The largest absolute Gasteiger partial charge is 0.396 e. The van der Waals surface area contributed by atoms with Gasteiger partial charge in [-0.25, -0.2) is 0 Å². The summed E-state index contributed by atoms with van der Waals surface area (Å²) in [6, 6.07) is 0.574. The number of aliphatic hydroxyl groups excluding tert-OH is 1. The highest BCUT2D eigenvalue weighted by Gasteiger charge is 2.12. The molecule has 1 atom stereocenters. The Balaban J connectivity index is 2.06. The molecule has 1 unspecified atom stereocenters. The smallest absolute Gasteiger partial charge is 0.0446 e. The topological polar surface area (TPSA) is 32.3 Å². The van der Waals surface area contributed by atoms with Gasteiger partial charge in [-0.2, -0.15) is 0 Å². The van der Waals surface area contributed by atoms with E-state index in [9.17, 15) is 0 Å². The summed E-state index contributed by atoms with van der Waals surface area (Å²) in [5, 5.41) is 11.7. The SMILES string of the molecule is OCCC1CSCN1. The molecule has 48 valence electrons. The average Bonchev–Trinajstić information content (AvgIpc) is 2.19. The van der Waals surface area contributed by atoms with Gasteiger partial charge in [-0.05, 0) is 6.42 Å². The predicted molar refractivity (Wildman–Crippen MR) is 36.0 cm³/mol. The molecule has 0 aromatic carbocycles. The second-order valence-electron chi connectivity index (χ2n) is 1.93. The van der Waals surface area contributed by atoms with Gasteiger partial charge in [-0.3, -0.25) is 0 Å². The Hall–Kier alpha value is 0.270. The average molecular weight is 133 g/mol. The minimum absolute atomic E-state index is 0.318. The van der Waals surface area contributed by atoms with Crippen LogP contribution in [0.25, 0.3) is 0 Å². The van der Waals surface area contributed by atoms with E-state index in [-0.39, 0.29) is 0 Å². The number of hydrogen-bond donors (Lipinski definition) is 2.